The van der Waals surface area contributed by atoms with E-state index >= 15 is 0 Å². The molecule has 0 atom stereocenters. The monoisotopic (exact) mass is 612 g/mol. The van der Waals surface area contributed by atoms with E-state index < -0.39 is 30.0 Å². The molecule has 0 fully saturated rings. The molecule has 0 spiro atoms. The smallest absolute Gasteiger partial charge is 0.384 e. The minimum absolute atomic E-state index is 0.219. The number of hydrogen-bond donors (Lipinski definition) is 3. The highest BCUT2D eigenvalue weighted by Crippen LogP contribution is 2.51. The number of amides is 2. The maximum absolute atomic E-state index is 13.6. The lowest BCUT2D eigenvalue weighted by Crippen LogP contribution is -2.47. The molecule has 5 rings (SSSR count). The zero-order chi connectivity index (χ0) is 29.9. The van der Waals surface area contributed by atoms with Gasteiger partial charge >= 0.3 is 6.18 Å². The number of carbonyl (C=O) groups excluding carboxylic acids is 2. The molecule has 0 radical (unpaired) electrons. The van der Waals surface area contributed by atoms with Crippen LogP contribution in [0.15, 0.2) is 85.1 Å². The summed E-state index contributed by atoms with van der Waals surface area (Å²) in [5.74, 6) is -0.832. The second-order valence-electron chi connectivity index (χ2n) is 9.84. The average molecular weight is 613 g/mol. The van der Waals surface area contributed by atoms with E-state index in [1.165, 1.54) is 12.1 Å². The van der Waals surface area contributed by atoms with Crippen LogP contribution in [0.3, 0.4) is 0 Å². The second-order valence-corrected chi connectivity index (χ2v) is 10.7. The summed E-state index contributed by atoms with van der Waals surface area (Å²) in [6.45, 7) is -0.988. The van der Waals surface area contributed by atoms with Gasteiger partial charge in [0, 0.05) is 11.6 Å². The summed E-state index contributed by atoms with van der Waals surface area (Å²) in [6.07, 6.45) is -2.25. The van der Waals surface area contributed by atoms with E-state index in [-0.39, 0.29) is 17.0 Å². The molecule has 4 aromatic rings. The molecule has 6 nitrogen and oxygen atoms in total. The van der Waals surface area contributed by atoms with Crippen LogP contribution in [0.1, 0.15) is 34.3 Å². The van der Waals surface area contributed by atoms with E-state index in [1.54, 1.807) is 36.5 Å². The number of hydrogen-bond acceptors (Lipinski definition) is 4. The van der Waals surface area contributed by atoms with E-state index in [0.29, 0.717) is 40.6 Å². The van der Waals surface area contributed by atoms with Crippen molar-refractivity contribution >= 4 is 46.5 Å². The molecular weight excluding hydrogens is 588 g/mol. The van der Waals surface area contributed by atoms with Gasteiger partial charge in [-0.2, -0.15) is 13.2 Å². The van der Waals surface area contributed by atoms with Crippen molar-refractivity contribution < 1.29 is 22.8 Å². The molecule has 0 saturated heterocycles. The fourth-order valence-electron chi connectivity index (χ4n) is 5.30. The van der Waals surface area contributed by atoms with Crippen molar-refractivity contribution in [1.29, 1.82) is 0 Å². The van der Waals surface area contributed by atoms with Crippen LogP contribution >= 0.6 is 23.2 Å². The number of pyridine rings is 1. The van der Waals surface area contributed by atoms with E-state index in [1.807, 2.05) is 36.4 Å². The Morgan fingerprint density at radius 3 is 2.17 bits per heavy atom. The third-order valence-electron chi connectivity index (χ3n) is 7.14. The highest BCUT2D eigenvalue weighted by molar-refractivity contribution is 6.36. The Morgan fingerprint density at radius 1 is 0.881 bits per heavy atom. The molecule has 3 N–H and O–H groups in total. The molecule has 216 valence electrons. The fraction of sp³-hybridized carbons (Fsp3) is 0.194. The Kier molecular flexibility index (Phi) is 8.43. The average Bonchev–Trinajstić information content (AvgIpc) is 3.26. The molecule has 1 aliphatic carbocycles. The first-order valence-corrected chi connectivity index (χ1v) is 13.8. The van der Waals surface area contributed by atoms with Gasteiger partial charge < -0.3 is 16.0 Å². The largest absolute Gasteiger partial charge is 0.405 e. The molecule has 1 heterocycles. The van der Waals surface area contributed by atoms with Gasteiger partial charge in [-0.25, -0.2) is 4.98 Å². The van der Waals surface area contributed by atoms with Crippen LogP contribution < -0.4 is 16.0 Å². The molecule has 1 aromatic heterocycles. The number of rotatable bonds is 9. The fourth-order valence-corrected chi connectivity index (χ4v) is 5.67. The van der Waals surface area contributed by atoms with Crippen LogP contribution in [0, 0.1) is 0 Å². The highest BCUT2D eigenvalue weighted by atomic mass is 35.5. The van der Waals surface area contributed by atoms with Gasteiger partial charge in [-0.15, -0.1) is 0 Å². The van der Waals surface area contributed by atoms with Crippen molar-refractivity contribution in [2.24, 2.45) is 0 Å². The van der Waals surface area contributed by atoms with Gasteiger partial charge in [-0.1, -0.05) is 71.7 Å². The van der Waals surface area contributed by atoms with E-state index in [0.717, 1.165) is 11.1 Å². The van der Waals surface area contributed by atoms with Gasteiger partial charge in [0.15, 0.2) is 0 Å². The van der Waals surface area contributed by atoms with Gasteiger partial charge in [-0.05, 0) is 65.4 Å². The van der Waals surface area contributed by atoms with Gasteiger partial charge in [0.05, 0.1) is 22.5 Å². The molecule has 0 aliphatic heterocycles. The molecule has 0 saturated carbocycles. The predicted octanol–water partition coefficient (Wildman–Crippen LogP) is 7.48. The summed E-state index contributed by atoms with van der Waals surface area (Å²) >= 11 is 12.1. The molecule has 3 aromatic carbocycles. The summed E-state index contributed by atoms with van der Waals surface area (Å²) in [5.41, 5.74) is 2.66. The maximum Gasteiger partial charge on any atom is 0.405 e. The molecular formula is C31H25Cl2F3N4O2. The topological polar surface area (TPSA) is 83.1 Å². The zero-order valence-electron chi connectivity index (χ0n) is 22.1. The maximum atomic E-state index is 13.6. The van der Waals surface area contributed by atoms with Crippen molar-refractivity contribution in [2.75, 3.05) is 23.7 Å². The van der Waals surface area contributed by atoms with Gasteiger partial charge in [-0.3, -0.25) is 9.59 Å². The number of alkyl halides is 3. The van der Waals surface area contributed by atoms with Crippen molar-refractivity contribution in [1.82, 2.24) is 10.3 Å². The first-order chi connectivity index (χ1) is 20.1. The number of anilines is 2. The van der Waals surface area contributed by atoms with Crippen molar-refractivity contribution in [2.45, 2.75) is 24.4 Å². The molecule has 2 amide bonds. The third kappa shape index (κ3) is 6.07. The highest BCUT2D eigenvalue weighted by Gasteiger charge is 2.49. The van der Waals surface area contributed by atoms with Crippen LogP contribution in [0.25, 0.3) is 11.1 Å². The zero-order valence-corrected chi connectivity index (χ0v) is 23.6. The number of benzene rings is 3. The third-order valence-corrected chi connectivity index (χ3v) is 7.70. The summed E-state index contributed by atoms with van der Waals surface area (Å²) < 4.78 is 39.2. The Labute approximate surface area is 250 Å². The number of halogens is 5. The number of carbonyl (C=O) groups is 2. The van der Waals surface area contributed by atoms with Gasteiger partial charge in [0.25, 0.3) is 5.91 Å². The van der Waals surface area contributed by atoms with Gasteiger partial charge in [0.2, 0.25) is 5.91 Å². The number of fused-ring (bicyclic) bond motifs is 3. The van der Waals surface area contributed by atoms with E-state index in [2.05, 4.69) is 20.9 Å². The predicted molar refractivity (Wildman–Crippen MR) is 158 cm³/mol. The van der Waals surface area contributed by atoms with Crippen LogP contribution in [0.5, 0.6) is 0 Å². The lowest BCUT2D eigenvalue weighted by molar-refractivity contribution is -0.141. The minimum atomic E-state index is -4.53. The van der Waals surface area contributed by atoms with Gasteiger partial charge in [0.1, 0.15) is 17.8 Å². The van der Waals surface area contributed by atoms with Crippen molar-refractivity contribution in [3.63, 3.8) is 0 Å². The molecule has 1 aliphatic rings. The Morgan fingerprint density at radius 2 is 1.55 bits per heavy atom. The summed E-state index contributed by atoms with van der Waals surface area (Å²) in [5, 5.41) is 8.68. The Bertz CT molecular complexity index is 1580. The first-order valence-electron chi connectivity index (χ1n) is 13.1. The Balaban J connectivity index is 1.28. The second kappa shape index (κ2) is 12.0. The van der Waals surface area contributed by atoms with Crippen LogP contribution in [-0.2, 0) is 10.2 Å². The standard InChI is InChI=1S/C31H25Cl2F3N4O2/c32-19-10-12-26(33)23(16-19)28(41)40-27-13-11-20(17-38-27)37-15-5-14-30(29(42)39-18-31(34,35)36)24-8-3-1-6-21(24)22-7-2-4-9-25(22)30/h1-4,6-13,16-17,37H,5,14-15,18H2,(H,39,42)(H,38,40,41). The van der Waals surface area contributed by atoms with Crippen LogP contribution in [-0.4, -0.2) is 36.1 Å². The van der Waals surface area contributed by atoms with Crippen molar-refractivity contribution in [3.05, 3.63) is 112 Å². The normalized spacial score (nSPS) is 13.2. The first kappa shape index (κ1) is 29.4. The van der Waals surface area contributed by atoms with E-state index in [4.69, 9.17) is 23.2 Å². The molecule has 0 unspecified atom stereocenters. The number of aromatic nitrogens is 1. The quantitative estimate of drug-likeness (QED) is 0.171. The minimum Gasteiger partial charge on any atom is -0.384 e. The molecule has 0 bridgehead atoms. The van der Waals surface area contributed by atoms with Crippen molar-refractivity contribution in [3.8, 4) is 11.1 Å². The summed E-state index contributed by atoms with van der Waals surface area (Å²) in [7, 11) is 0. The number of nitrogens with zero attached hydrogens (tertiary/aromatic N) is 1. The SMILES string of the molecule is O=C(Nc1ccc(NCCCC2(C(=O)NCC(F)(F)F)c3ccccc3-c3ccccc32)cn1)c1cc(Cl)ccc1Cl. The summed E-state index contributed by atoms with van der Waals surface area (Å²) in [6, 6.07) is 22.6. The van der Waals surface area contributed by atoms with Crippen LogP contribution in [0.2, 0.25) is 10.0 Å². The van der Waals surface area contributed by atoms with Crippen LogP contribution in [0.4, 0.5) is 24.7 Å². The number of nitrogens with one attached hydrogen (secondary N) is 3. The van der Waals surface area contributed by atoms with E-state index in [9.17, 15) is 22.8 Å². The summed E-state index contributed by atoms with van der Waals surface area (Å²) in [4.78, 5) is 30.4. The lowest BCUT2D eigenvalue weighted by Gasteiger charge is -2.31. The Hall–Kier alpha value is -4.08. The molecule has 11 heteroatoms. The molecule has 42 heavy (non-hydrogen) atoms. The lowest BCUT2D eigenvalue weighted by atomic mass is 9.73.